The van der Waals surface area contributed by atoms with Crippen molar-refractivity contribution in [1.29, 1.82) is 0 Å². The zero-order chi connectivity index (χ0) is 17.4. The quantitative estimate of drug-likeness (QED) is 0.902. The molecule has 0 fully saturated rings. The van der Waals surface area contributed by atoms with E-state index in [1.54, 1.807) is 6.07 Å². The fourth-order valence-corrected chi connectivity index (χ4v) is 2.60. The molecule has 0 aromatic heterocycles. The summed E-state index contributed by atoms with van der Waals surface area (Å²) in [6, 6.07) is 5.70. The van der Waals surface area contributed by atoms with Crippen LogP contribution in [0.4, 0.5) is 13.2 Å². The summed E-state index contributed by atoms with van der Waals surface area (Å²) in [5.41, 5.74) is -3.38. The van der Waals surface area contributed by atoms with E-state index in [-0.39, 0.29) is 33.6 Å². The van der Waals surface area contributed by atoms with E-state index < -0.39 is 24.2 Å². The SMILES string of the molecule is CC(C)CC1=NN(C(=O)c2ccccc2Cl)[C@](O)(C(F)(F)F)C1. The Kier molecular flexibility index (Phi) is 4.73. The van der Waals surface area contributed by atoms with Gasteiger partial charge in [0.15, 0.2) is 0 Å². The van der Waals surface area contributed by atoms with Gasteiger partial charge in [-0.25, -0.2) is 0 Å². The van der Waals surface area contributed by atoms with Crippen LogP contribution in [0.1, 0.15) is 37.0 Å². The van der Waals surface area contributed by atoms with Crippen LogP contribution in [0.2, 0.25) is 5.02 Å². The molecule has 0 bridgehead atoms. The van der Waals surface area contributed by atoms with Crippen molar-refractivity contribution >= 4 is 23.2 Å². The minimum Gasteiger partial charge on any atom is -0.362 e. The molecule has 0 spiro atoms. The van der Waals surface area contributed by atoms with Gasteiger partial charge in [0.1, 0.15) is 0 Å². The molecule has 0 saturated carbocycles. The van der Waals surface area contributed by atoms with Crippen LogP contribution in [0.5, 0.6) is 0 Å². The number of hydrogen-bond acceptors (Lipinski definition) is 3. The van der Waals surface area contributed by atoms with Gasteiger partial charge in [-0.3, -0.25) is 4.79 Å². The van der Waals surface area contributed by atoms with Gasteiger partial charge in [0.25, 0.3) is 11.6 Å². The van der Waals surface area contributed by atoms with Gasteiger partial charge in [0, 0.05) is 12.1 Å². The molecule has 0 radical (unpaired) electrons. The normalized spacial score (nSPS) is 21.7. The van der Waals surface area contributed by atoms with Crippen LogP contribution in [0.15, 0.2) is 29.4 Å². The zero-order valence-electron chi connectivity index (χ0n) is 12.6. The van der Waals surface area contributed by atoms with Gasteiger partial charge in [0.05, 0.1) is 10.6 Å². The third kappa shape index (κ3) is 3.35. The number of hydrogen-bond donors (Lipinski definition) is 1. The second-order valence-electron chi connectivity index (χ2n) is 5.85. The maximum atomic E-state index is 13.3. The predicted molar refractivity (Wildman–Crippen MR) is 80.1 cm³/mol. The fraction of sp³-hybridized carbons (Fsp3) is 0.467. The van der Waals surface area contributed by atoms with E-state index in [4.69, 9.17) is 11.6 Å². The average molecular weight is 349 g/mol. The van der Waals surface area contributed by atoms with E-state index in [0.717, 1.165) is 0 Å². The van der Waals surface area contributed by atoms with Crippen molar-refractivity contribution in [1.82, 2.24) is 5.01 Å². The molecule has 1 aromatic rings. The first-order valence-corrected chi connectivity index (χ1v) is 7.38. The van der Waals surface area contributed by atoms with Crippen molar-refractivity contribution in [2.45, 2.75) is 38.6 Å². The van der Waals surface area contributed by atoms with E-state index in [1.165, 1.54) is 18.2 Å². The summed E-state index contributed by atoms with van der Waals surface area (Å²) in [5.74, 6) is -1.05. The molecular weight excluding hydrogens is 333 g/mol. The molecular formula is C15H16ClF3N2O2. The molecule has 2 rings (SSSR count). The van der Waals surface area contributed by atoms with Crippen molar-refractivity contribution in [2.24, 2.45) is 11.0 Å². The van der Waals surface area contributed by atoms with Crippen molar-refractivity contribution in [3.05, 3.63) is 34.9 Å². The Morgan fingerprint density at radius 2 is 2.04 bits per heavy atom. The van der Waals surface area contributed by atoms with E-state index >= 15 is 0 Å². The van der Waals surface area contributed by atoms with E-state index in [9.17, 15) is 23.1 Å². The summed E-state index contributed by atoms with van der Waals surface area (Å²) >= 11 is 5.87. The topological polar surface area (TPSA) is 52.9 Å². The first-order valence-electron chi connectivity index (χ1n) is 7.01. The summed E-state index contributed by atoms with van der Waals surface area (Å²) in [6.45, 7) is 3.63. The molecule has 0 unspecified atom stereocenters. The molecule has 1 atom stereocenters. The highest BCUT2D eigenvalue weighted by atomic mass is 35.5. The largest absolute Gasteiger partial charge is 0.438 e. The third-order valence-electron chi connectivity index (χ3n) is 3.44. The van der Waals surface area contributed by atoms with Crippen molar-refractivity contribution in [2.75, 3.05) is 0 Å². The number of nitrogens with zero attached hydrogens (tertiary/aromatic N) is 2. The van der Waals surface area contributed by atoms with Gasteiger partial charge < -0.3 is 5.11 Å². The number of alkyl halides is 3. The second kappa shape index (κ2) is 6.13. The van der Waals surface area contributed by atoms with Crippen LogP contribution in [0.25, 0.3) is 0 Å². The standard InChI is InChI=1S/C15H16ClF3N2O2/c1-9(2)7-10-8-14(23,15(17,18)19)21(20-10)13(22)11-5-3-4-6-12(11)16/h3-6,9,23H,7-8H2,1-2H3/t14-/m1/s1. The lowest BCUT2D eigenvalue weighted by Gasteiger charge is -2.32. The van der Waals surface area contributed by atoms with Gasteiger partial charge in [0.2, 0.25) is 0 Å². The third-order valence-corrected chi connectivity index (χ3v) is 3.77. The lowest BCUT2D eigenvalue weighted by molar-refractivity contribution is -0.297. The van der Waals surface area contributed by atoms with Crippen LogP contribution in [-0.2, 0) is 0 Å². The Morgan fingerprint density at radius 3 is 2.57 bits per heavy atom. The van der Waals surface area contributed by atoms with Crippen LogP contribution in [-0.4, -0.2) is 33.6 Å². The molecule has 8 heteroatoms. The lowest BCUT2D eigenvalue weighted by Crippen LogP contribution is -2.56. The van der Waals surface area contributed by atoms with Crippen LogP contribution in [0.3, 0.4) is 0 Å². The van der Waals surface area contributed by atoms with Crippen molar-refractivity contribution in [3.8, 4) is 0 Å². The number of rotatable bonds is 3. The Morgan fingerprint density at radius 1 is 1.43 bits per heavy atom. The average Bonchev–Trinajstić information content (AvgIpc) is 2.75. The highest BCUT2D eigenvalue weighted by molar-refractivity contribution is 6.33. The summed E-state index contributed by atoms with van der Waals surface area (Å²) in [5, 5.41) is 14.0. The molecule has 1 aromatic carbocycles. The zero-order valence-corrected chi connectivity index (χ0v) is 13.3. The number of benzene rings is 1. The summed E-state index contributed by atoms with van der Waals surface area (Å²) in [6.07, 6.45) is -5.54. The second-order valence-corrected chi connectivity index (χ2v) is 6.26. The molecule has 1 amide bonds. The predicted octanol–water partition coefficient (Wildman–Crippen LogP) is 3.84. The maximum Gasteiger partial charge on any atom is 0.438 e. The molecule has 0 saturated heterocycles. The minimum absolute atomic E-state index is 0.00506. The van der Waals surface area contributed by atoms with Gasteiger partial charge in [-0.1, -0.05) is 37.6 Å². The first-order chi connectivity index (χ1) is 10.6. The first kappa shape index (κ1) is 17.7. The Balaban J connectivity index is 2.44. The molecule has 1 aliphatic heterocycles. The Labute approximate surface area is 136 Å². The Bertz CT molecular complexity index is 646. The number of amides is 1. The number of aliphatic hydroxyl groups is 1. The number of carbonyl (C=O) groups excluding carboxylic acids is 1. The molecule has 126 valence electrons. The minimum atomic E-state index is -5.04. The lowest BCUT2D eigenvalue weighted by atomic mass is 9.99. The number of carbonyl (C=O) groups is 1. The fourth-order valence-electron chi connectivity index (χ4n) is 2.39. The van der Waals surface area contributed by atoms with Gasteiger partial charge in [-0.15, -0.1) is 0 Å². The Hall–Kier alpha value is -1.60. The number of halogens is 4. The van der Waals surface area contributed by atoms with Crippen molar-refractivity contribution in [3.63, 3.8) is 0 Å². The number of hydrazone groups is 1. The van der Waals surface area contributed by atoms with E-state index in [2.05, 4.69) is 5.10 Å². The summed E-state index contributed by atoms with van der Waals surface area (Å²) in [7, 11) is 0. The molecule has 4 nitrogen and oxygen atoms in total. The van der Waals surface area contributed by atoms with Crippen LogP contribution < -0.4 is 0 Å². The van der Waals surface area contributed by atoms with Gasteiger partial charge >= 0.3 is 6.18 Å². The highest BCUT2D eigenvalue weighted by Crippen LogP contribution is 2.42. The summed E-state index contributed by atoms with van der Waals surface area (Å²) in [4.78, 5) is 12.4. The highest BCUT2D eigenvalue weighted by Gasteiger charge is 2.63. The van der Waals surface area contributed by atoms with Crippen LogP contribution >= 0.6 is 11.6 Å². The van der Waals surface area contributed by atoms with Gasteiger partial charge in [-0.2, -0.15) is 23.3 Å². The molecule has 23 heavy (non-hydrogen) atoms. The van der Waals surface area contributed by atoms with Crippen molar-refractivity contribution < 1.29 is 23.1 Å². The van der Waals surface area contributed by atoms with E-state index in [0.29, 0.717) is 0 Å². The maximum absolute atomic E-state index is 13.3. The molecule has 1 N–H and O–H groups in total. The monoisotopic (exact) mass is 348 g/mol. The summed E-state index contributed by atoms with van der Waals surface area (Å²) < 4.78 is 40.0. The smallest absolute Gasteiger partial charge is 0.362 e. The van der Waals surface area contributed by atoms with Gasteiger partial charge in [-0.05, 0) is 24.5 Å². The van der Waals surface area contributed by atoms with Crippen LogP contribution in [0, 0.1) is 5.92 Å². The van der Waals surface area contributed by atoms with E-state index in [1.807, 2.05) is 13.8 Å². The molecule has 0 aliphatic carbocycles. The molecule has 1 aliphatic rings. The molecule has 1 heterocycles.